The highest BCUT2D eigenvalue weighted by Crippen LogP contribution is 2.46. The molecule has 23 heavy (non-hydrogen) atoms. The lowest BCUT2D eigenvalue weighted by Crippen LogP contribution is -2.61. The predicted octanol–water partition coefficient (Wildman–Crippen LogP) is 4.71. The van der Waals surface area contributed by atoms with Gasteiger partial charge in [0.1, 0.15) is 0 Å². The van der Waals surface area contributed by atoms with Gasteiger partial charge in [0.25, 0.3) is 0 Å². The summed E-state index contributed by atoms with van der Waals surface area (Å²) < 4.78 is 155. The smallest absolute Gasteiger partial charge is 0.350 e. The summed E-state index contributed by atoms with van der Waals surface area (Å²) in [6, 6.07) is 0. The molecule has 0 fully saturated rings. The van der Waals surface area contributed by atoms with Gasteiger partial charge in [-0.25, -0.2) is 17.6 Å². The van der Waals surface area contributed by atoms with Crippen LogP contribution in [0.25, 0.3) is 0 Å². The number of rotatable bonds is 6. The quantitative estimate of drug-likeness (QED) is 0.482. The van der Waals surface area contributed by atoms with Crippen LogP contribution in [0.15, 0.2) is 0 Å². The highest BCUT2D eigenvalue weighted by Gasteiger charge is 2.71. The molecule has 0 saturated heterocycles. The molecule has 2 atom stereocenters. The molecule has 0 aliphatic rings. The maximum Gasteiger partial charge on any atom is 0.453 e. The third kappa shape index (κ3) is 4.65. The maximum absolute atomic E-state index is 13.3. The maximum atomic E-state index is 13.3. The number of halogens is 12. The van der Waals surface area contributed by atoms with Crippen LogP contribution in [0.3, 0.4) is 0 Å². The molecule has 2 unspecified atom stereocenters. The van der Waals surface area contributed by atoms with Crippen LogP contribution in [0, 0.1) is 0 Å². The molecule has 0 radical (unpaired) electrons. The Morgan fingerprint density at radius 2 is 0.826 bits per heavy atom. The molecule has 0 aliphatic carbocycles. The molecular formula is C8H8F12O2Si. The molecule has 140 valence electrons. The van der Waals surface area contributed by atoms with E-state index in [1.54, 1.807) is 0 Å². The second-order valence-electron chi connectivity index (χ2n) is 4.49. The van der Waals surface area contributed by atoms with E-state index < -0.39 is 45.5 Å². The van der Waals surface area contributed by atoms with Gasteiger partial charge in [0, 0.05) is 0 Å². The second-order valence-corrected chi connectivity index (χ2v) is 7.70. The van der Waals surface area contributed by atoms with Crippen molar-refractivity contribution in [2.75, 3.05) is 0 Å². The van der Waals surface area contributed by atoms with E-state index in [0.29, 0.717) is 0 Å². The van der Waals surface area contributed by atoms with Crippen molar-refractivity contribution in [1.29, 1.82) is 0 Å². The van der Waals surface area contributed by atoms with E-state index >= 15 is 0 Å². The van der Waals surface area contributed by atoms with Crippen molar-refractivity contribution in [2.45, 2.75) is 50.0 Å². The monoisotopic (exact) mass is 392 g/mol. The van der Waals surface area contributed by atoms with Gasteiger partial charge in [0.2, 0.25) is 0 Å². The Morgan fingerprint density at radius 1 is 0.609 bits per heavy atom. The first-order valence-corrected chi connectivity index (χ1v) is 8.10. The van der Waals surface area contributed by atoms with E-state index in [4.69, 9.17) is 0 Å². The highest BCUT2D eigenvalue weighted by atomic mass is 28.4. The first-order chi connectivity index (χ1) is 9.80. The fourth-order valence-corrected chi connectivity index (χ4v) is 3.07. The van der Waals surface area contributed by atoms with Crippen LogP contribution >= 0.6 is 0 Å². The van der Waals surface area contributed by atoms with Gasteiger partial charge in [-0.1, -0.05) is 0 Å². The Balaban J connectivity index is 5.66. The lowest BCUT2D eigenvalue weighted by atomic mass is 10.3. The van der Waals surface area contributed by atoms with E-state index in [2.05, 4.69) is 8.85 Å². The van der Waals surface area contributed by atoms with Crippen LogP contribution in [0.4, 0.5) is 52.7 Å². The average molecular weight is 392 g/mol. The molecule has 0 rings (SSSR count). The average Bonchev–Trinajstić information content (AvgIpc) is 2.23. The van der Waals surface area contributed by atoms with Gasteiger partial charge in [-0.15, -0.1) is 0 Å². The molecule has 0 N–H and O–H groups in total. The topological polar surface area (TPSA) is 18.5 Å². The lowest BCUT2D eigenvalue weighted by molar-refractivity contribution is -0.368. The van der Waals surface area contributed by atoms with Gasteiger partial charge in [-0.05, 0) is 13.1 Å². The summed E-state index contributed by atoms with van der Waals surface area (Å²) >= 11 is 0. The number of hydrogen-bond donors (Lipinski definition) is 0. The minimum absolute atomic E-state index is 0.0535. The summed E-state index contributed by atoms with van der Waals surface area (Å²) in [5.41, 5.74) is 0. The summed E-state index contributed by atoms with van der Waals surface area (Å²) in [7, 11) is -5.47. The minimum atomic E-state index is -6.45. The van der Waals surface area contributed by atoms with Gasteiger partial charge in [-0.2, -0.15) is 35.1 Å². The van der Waals surface area contributed by atoms with E-state index in [1.165, 1.54) is 0 Å². The second kappa shape index (κ2) is 6.31. The first-order valence-electron chi connectivity index (χ1n) is 5.28. The van der Waals surface area contributed by atoms with Crippen LogP contribution in [0.2, 0.25) is 13.1 Å². The zero-order chi connectivity index (χ0) is 19.1. The molecule has 0 aromatic carbocycles. The van der Waals surface area contributed by atoms with Gasteiger partial charge < -0.3 is 8.85 Å². The molecule has 0 amide bonds. The van der Waals surface area contributed by atoms with Gasteiger partial charge in [-0.3, -0.25) is 0 Å². The summed E-state index contributed by atoms with van der Waals surface area (Å²) in [4.78, 5) is 0. The van der Waals surface area contributed by atoms with E-state index in [-0.39, 0.29) is 13.1 Å². The molecule has 0 aromatic rings. The van der Waals surface area contributed by atoms with Gasteiger partial charge in [0.15, 0.2) is 0 Å². The Morgan fingerprint density at radius 3 is 0.957 bits per heavy atom. The normalized spacial score (nSPS) is 19.8. The van der Waals surface area contributed by atoms with Crippen molar-refractivity contribution < 1.29 is 61.5 Å². The van der Waals surface area contributed by atoms with Crippen LogP contribution in [-0.4, -0.2) is 45.5 Å². The Labute approximate surface area is 121 Å². The Kier molecular flexibility index (Phi) is 6.11. The minimum Gasteiger partial charge on any atom is -0.350 e. The van der Waals surface area contributed by atoms with Crippen molar-refractivity contribution in [1.82, 2.24) is 0 Å². The van der Waals surface area contributed by atoms with Gasteiger partial charge in [0.05, 0.1) is 0 Å². The number of hydrogen-bond acceptors (Lipinski definition) is 2. The molecule has 15 heteroatoms. The summed E-state index contributed by atoms with van der Waals surface area (Å²) in [6.07, 6.45) is -22.8. The third-order valence-electron chi connectivity index (χ3n) is 2.12. The number of alkyl halides is 12. The third-order valence-corrected chi connectivity index (χ3v) is 3.70. The van der Waals surface area contributed by atoms with Crippen LogP contribution in [0.1, 0.15) is 0 Å². The molecule has 0 aliphatic heterocycles. The fraction of sp³-hybridized carbons (Fsp3) is 1.00. The molecule has 0 heterocycles. The largest absolute Gasteiger partial charge is 0.453 e. The summed E-state index contributed by atoms with van der Waals surface area (Å²) in [6.45, 7) is 0.107. The molecule has 2 nitrogen and oxygen atoms in total. The van der Waals surface area contributed by atoms with Crippen LogP contribution in [0.5, 0.6) is 0 Å². The van der Waals surface area contributed by atoms with E-state index in [1.807, 2.05) is 0 Å². The van der Waals surface area contributed by atoms with Crippen LogP contribution in [-0.2, 0) is 8.85 Å². The van der Waals surface area contributed by atoms with Crippen molar-refractivity contribution in [3.05, 3.63) is 0 Å². The molecule has 0 bridgehead atoms. The highest BCUT2D eigenvalue weighted by molar-refractivity contribution is 6.64. The van der Waals surface area contributed by atoms with E-state index in [0.717, 1.165) is 0 Å². The van der Waals surface area contributed by atoms with E-state index in [9.17, 15) is 52.7 Å². The Bertz CT molecular complexity index is 371. The van der Waals surface area contributed by atoms with Crippen molar-refractivity contribution in [2.24, 2.45) is 0 Å². The molecular weight excluding hydrogens is 384 g/mol. The van der Waals surface area contributed by atoms with Crippen molar-refractivity contribution >= 4 is 8.56 Å². The predicted molar refractivity (Wildman–Crippen MR) is 51.4 cm³/mol. The standard InChI is InChI=1S/C8H8F12O2Si/c1-23(2,21-5(13,3(9)10)7(15,16)17)22-6(14,4(11)12)8(18,19)20/h3-4H,1-2H3. The molecule has 0 aromatic heterocycles. The zero-order valence-electron chi connectivity index (χ0n) is 11.0. The van der Waals surface area contributed by atoms with Crippen molar-refractivity contribution in [3.63, 3.8) is 0 Å². The first kappa shape index (κ1) is 22.3. The fourth-order valence-electron chi connectivity index (χ4n) is 1.19. The van der Waals surface area contributed by atoms with Crippen molar-refractivity contribution in [3.8, 4) is 0 Å². The molecule has 0 spiro atoms. The SMILES string of the molecule is C[Si](C)(OC(F)(C(F)F)C(F)(F)F)OC(F)(C(F)F)C(F)(F)F. The lowest BCUT2D eigenvalue weighted by Gasteiger charge is -2.38. The zero-order valence-corrected chi connectivity index (χ0v) is 12.0. The molecule has 0 saturated carbocycles. The summed E-state index contributed by atoms with van der Waals surface area (Å²) in [5, 5.41) is 0. The Hall–Kier alpha value is -0.703. The van der Waals surface area contributed by atoms with Crippen LogP contribution < -0.4 is 0 Å². The summed E-state index contributed by atoms with van der Waals surface area (Å²) in [5.74, 6) is -11.6. The van der Waals surface area contributed by atoms with Gasteiger partial charge >= 0.3 is 45.5 Å².